The molecule has 2 aromatic carbocycles. The van der Waals surface area contributed by atoms with E-state index in [1.807, 2.05) is 37.3 Å². The van der Waals surface area contributed by atoms with Gasteiger partial charge in [0.15, 0.2) is 0 Å². The van der Waals surface area contributed by atoms with Crippen molar-refractivity contribution < 1.29 is 22.9 Å². The number of anilines is 1. The van der Waals surface area contributed by atoms with Gasteiger partial charge in [0.2, 0.25) is 15.9 Å². The summed E-state index contributed by atoms with van der Waals surface area (Å²) in [5, 5.41) is 13.9. The minimum atomic E-state index is -3.93. The number of ether oxygens (including phenoxy) is 1. The van der Waals surface area contributed by atoms with Crippen LogP contribution in [-0.2, 0) is 14.8 Å². The van der Waals surface area contributed by atoms with Gasteiger partial charge in [0.05, 0.1) is 24.3 Å². The average Bonchev–Trinajstić information content (AvgIpc) is 2.69. The van der Waals surface area contributed by atoms with Crippen molar-refractivity contribution in [2.75, 3.05) is 24.2 Å². The quantitative estimate of drug-likeness (QED) is 0.491. The van der Waals surface area contributed by atoms with E-state index in [1.54, 1.807) is 0 Å². The zero-order valence-corrected chi connectivity index (χ0v) is 17.2. The largest absolute Gasteiger partial charge is 0.495 e. The lowest BCUT2D eigenvalue weighted by Gasteiger charge is -2.25. The number of carbonyl (C=O) groups is 1. The predicted octanol–water partition coefficient (Wildman–Crippen LogP) is 2.64. The monoisotopic (exact) mass is 421 g/mol. The van der Waals surface area contributed by atoms with Gasteiger partial charge in [-0.25, -0.2) is 8.42 Å². The summed E-state index contributed by atoms with van der Waals surface area (Å²) in [7, 11) is -2.61. The van der Waals surface area contributed by atoms with E-state index in [1.165, 1.54) is 19.2 Å². The second-order valence-corrected chi connectivity index (χ2v) is 8.23. The molecule has 0 spiro atoms. The standard InChI is InChI=1S/C19H23N3O6S/c1-4-16(14-8-6-5-7-9-14)20-19(23)13-21(29(3,26)27)17-12-15(22(24)25)10-11-18(17)28-2/h5-12,16H,4,13H2,1-3H3,(H,20,23). The van der Waals surface area contributed by atoms with Gasteiger partial charge in [-0.05, 0) is 18.1 Å². The molecule has 2 rings (SSSR count). The summed E-state index contributed by atoms with van der Waals surface area (Å²) in [6.07, 6.45) is 1.53. The van der Waals surface area contributed by atoms with E-state index in [4.69, 9.17) is 4.74 Å². The summed E-state index contributed by atoms with van der Waals surface area (Å²) < 4.78 is 30.7. The van der Waals surface area contributed by atoms with E-state index in [0.717, 1.165) is 22.2 Å². The van der Waals surface area contributed by atoms with Gasteiger partial charge < -0.3 is 10.1 Å². The average molecular weight is 421 g/mol. The van der Waals surface area contributed by atoms with Crippen molar-refractivity contribution in [2.24, 2.45) is 0 Å². The molecule has 0 heterocycles. The van der Waals surface area contributed by atoms with Gasteiger partial charge in [0.1, 0.15) is 18.0 Å². The molecule has 1 amide bonds. The molecule has 0 saturated heterocycles. The van der Waals surface area contributed by atoms with Crippen LogP contribution in [0.4, 0.5) is 11.4 Å². The van der Waals surface area contributed by atoms with Gasteiger partial charge in [-0.1, -0.05) is 37.3 Å². The number of sulfonamides is 1. The molecule has 0 bridgehead atoms. The number of hydrogen-bond acceptors (Lipinski definition) is 6. The molecular weight excluding hydrogens is 398 g/mol. The van der Waals surface area contributed by atoms with Gasteiger partial charge in [-0.15, -0.1) is 0 Å². The number of nitrogens with one attached hydrogen (secondary N) is 1. The molecule has 0 aliphatic heterocycles. The fourth-order valence-corrected chi connectivity index (χ4v) is 3.70. The molecule has 0 aromatic heterocycles. The molecule has 0 fully saturated rings. The maximum atomic E-state index is 12.6. The Bertz CT molecular complexity index is 979. The lowest BCUT2D eigenvalue weighted by atomic mass is 10.0. The highest BCUT2D eigenvalue weighted by molar-refractivity contribution is 7.92. The normalized spacial score (nSPS) is 12.1. The Kier molecular flexibility index (Phi) is 7.16. The summed E-state index contributed by atoms with van der Waals surface area (Å²) in [6, 6.07) is 12.6. The zero-order valence-electron chi connectivity index (χ0n) is 16.4. The molecule has 1 atom stereocenters. The molecule has 29 heavy (non-hydrogen) atoms. The first-order chi connectivity index (χ1) is 13.7. The Balaban J connectivity index is 2.34. The number of benzene rings is 2. The Hall–Kier alpha value is -3.14. The molecule has 0 aliphatic carbocycles. The molecule has 0 radical (unpaired) electrons. The van der Waals surface area contributed by atoms with E-state index >= 15 is 0 Å². The number of methoxy groups -OCH3 is 1. The Morgan fingerprint density at radius 1 is 1.24 bits per heavy atom. The Morgan fingerprint density at radius 2 is 1.90 bits per heavy atom. The minimum Gasteiger partial charge on any atom is -0.495 e. The fraction of sp³-hybridized carbons (Fsp3) is 0.316. The van der Waals surface area contributed by atoms with Gasteiger partial charge in [0, 0.05) is 12.1 Å². The Labute approximate surface area is 169 Å². The van der Waals surface area contributed by atoms with E-state index in [9.17, 15) is 23.3 Å². The summed E-state index contributed by atoms with van der Waals surface area (Å²) in [5.41, 5.74) is 0.500. The SMILES string of the molecule is CCC(NC(=O)CN(c1cc([N+](=O)[O-])ccc1OC)S(C)(=O)=O)c1ccccc1. The first-order valence-corrected chi connectivity index (χ1v) is 10.7. The van der Waals surface area contributed by atoms with Crippen molar-refractivity contribution in [3.05, 3.63) is 64.2 Å². The van der Waals surface area contributed by atoms with E-state index in [2.05, 4.69) is 5.32 Å². The maximum absolute atomic E-state index is 12.6. The topological polar surface area (TPSA) is 119 Å². The van der Waals surface area contributed by atoms with Crippen LogP contribution < -0.4 is 14.4 Å². The summed E-state index contributed by atoms with van der Waals surface area (Å²) in [4.78, 5) is 23.1. The third-order valence-electron chi connectivity index (χ3n) is 4.27. The molecule has 0 aliphatic rings. The van der Waals surface area contributed by atoms with Gasteiger partial charge in [-0.3, -0.25) is 19.2 Å². The van der Waals surface area contributed by atoms with Crippen LogP contribution in [0.5, 0.6) is 5.75 Å². The van der Waals surface area contributed by atoms with Crippen LogP contribution in [0.15, 0.2) is 48.5 Å². The van der Waals surface area contributed by atoms with Crippen molar-refractivity contribution in [1.29, 1.82) is 0 Å². The van der Waals surface area contributed by atoms with Crippen molar-refractivity contribution in [3.63, 3.8) is 0 Å². The number of nitro groups is 1. The van der Waals surface area contributed by atoms with Crippen LogP contribution in [0.25, 0.3) is 0 Å². The second-order valence-electron chi connectivity index (χ2n) is 6.32. The minimum absolute atomic E-state index is 0.0768. The third-order valence-corrected chi connectivity index (χ3v) is 5.40. The summed E-state index contributed by atoms with van der Waals surface area (Å²) >= 11 is 0. The van der Waals surface area contributed by atoms with Gasteiger partial charge in [-0.2, -0.15) is 0 Å². The first-order valence-electron chi connectivity index (χ1n) is 8.81. The molecule has 156 valence electrons. The molecular formula is C19H23N3O6S. The van der Waals surface area contributed by atoms with Gasteiger partial charge >= 0.3 is 0 Å². The molecule has 9 nitrogen and oxygen atoms in total. The number of non-ortho nitro benzene ring substituents is 1. The second kappa shape index (κ2) is 9.37. The van der Waals surface area contributed by atoms with Crippen LogP contribution in [0, 0.1) is 10.1 Å². The summed E-state index contributed by atoms with van der Waals surface area (Å²) in [6.45, 7) is 1.36. The van der Waals surface area contributed by atoms with Crippen LogP contribution in [-0.4, -0.2) is 39.2 Å². The maximum Gasteiger partial charge on any atom is 0.271 e. The molecule has 1 N–H and O–H groups in total. The lowest BCUT2D eigenvalue weighted by molar-refractivity contribution is -0.384. The van der Waals surface area contributed by atoms with Crippen molar-refractivity contribution >= 4 is 27.3 Å². The Morgan fingerprint density at radius 3 is 2.41 bits per heavy atom. The highest BCUT2D eigenvalue weighted by Crippen LogP contribution is 2.33. The number of rotatable bonds is 9. The molecule has 10 heteroatoms. The van der Waals surface area contributed by atoms with E-state index in [-0.39, 0.29) is 23.2 Å². The van der Waals surface area contributed by atoms with E-state index < -0.39 is 27.4 Å². The van der Waals surface area contributed by atoms with Crippen molar-refractivity contribution in [1.82, 2.24) is 5.32 Å². The van der Waals surface area contributed by atoms with Gasteiger partial charge in [0.25, 0.3) is 5.69 Å². The predicted molar refractivity (Wildman–Crippen MR) is 109 cm³/mol. The highest BCUT2D eigenvalue weighted by Gasteiger charge is 2.27. The number of nitro benzene ring substituents is 1. The summed E-state index contributed by atoms with van der Waals surface area (Å²) in [5.74, 6) is -0.441. The van der Waals surface area contributed by atoms with Crippen LogP contribution in [0.1, 0.15) is 24.9 Å². The molecule has 2 aromatic rings. The number of nitrogens with zero attached hydrogens (tertiary/aromatic N) is 2. The first kappa shape index (κ1) is 22.2. The number of amides is 1. The smallest absolute Gasteiger partial charge is 0.271 e. The number of hydrogen-bond donors (Lipinski definition) is 1. The van der Waals surface area contributed by atoms with Crippen LogP contribution in [0.2, 0.25) is 0 Å². The van der Waals surface area contributed by atoms with E-state index in [0.29, 0.717) is 6.42 Å². The lowest BCUT2D eigenvalue weighted by Crippen LogP contribution is -2.41. The molecule has 1 unspecified atom stereocenters. The number of carbonyl (C=O) groups excluding carboxylic acids is 1. The van der Waals surface area contributed by atoms with Crippen molar-refractivity contribution in [2.45, 2.75) is 19.4 Å². The highest BCUT2D eigenvalue weighted by atomic mass is 32.2. The van der Waals surface area contributed by atoms with Crippen LogP contribution >= 0.6 is 0 Å². The third kappa shape index (κ3) is 5.67. The van der Waals surface area contributed by atoms with Crippen molar-refractivity contribution in [3.8, 4) is 5.75 Å². The zero-order chi connectivity index (χ0) is 21.6. The molecule has 0 saturated carbocycles. The fourth-order valence-electron chi connectivity index (χ4n) is 2.84. The van der Waals surface area contributed by atoms with Crippen LogP contribution in [0.3, 0.4) is 0 Å².